The molecule has 0 aliphatic rings. The van der Waals surface area contributed by atoms with Gasteiger partial charge in [-0.1, -0.05) is 12.1 Å². The average Bonchev–Trinajstić information content (AvgIpc) is 2.15. The summed E-state index contributed by atoms with van der Waals surface area (Å²) in [6.45, 7) is 0.624. The lowest BCUT2D eigenvalue weighted by Gasteiger charge is -2.17. The van der Waals surface area contributed by atoms with Crippen molar-refractivity contribution in [3.8, 4) is 5.75 Å². The molecule has 1 rings (SSSR count). The number of alkyl halides is 3. The maximum atomic E-state index is 11.9. The van der Waals surface area contributed by atoms with Gasteiger partial charge in [0.1, 0.15) is 5.75 Å². The largest absolute Gasteiger partial charge is 0.573 e. The number of hydrogen-bond acceptors (Lipinski definition) is 3. The summed E-state index contributed by atoms with van der Waals surface area (Å²) < 4.78 is 39.5. The van der Waals surface area contributed by atoms with Gasteiger partial charge >= 0.3 is 6.36 Å². The summed E-state index contributed by atoms with van der Waals surface area (Å²) in [6, 6.07) is 5.37. The van der Waals surface area contributed by atoms with Crippen LogP contribution in [0.25, 0.3) is 0 Å². The predicted molar refractivity (Wildman–Crippen MR) is 73.1 cm³/mol. The molecule has 0 radical (unpaired) electrons. The molecule has 1 aromatic rings. The minimum Gasteiger partial charge on any atom is -0.406 e. The average molecular weight is 321 g/mol. The first-order chi connectivity index (χ1) is 7.78. The van der Waals surface area contributed by atoms with E-state index in [1.54, 1.807) is 0 Å². The van der Waals surface area contributed by atoms with Gasteiger partial charge in [0, 0.05) is 12.6 Å². The number of nitrogens with zero attached hydrogens (tertiary/aromatic N) is 1. The number of hydrogen-bond donors (Lipinski definition) is 1. The van der Waals surface area contributed by atoms with Crippen LogP contribution in [0.1, 0.15) is 11.6 Å². The minimum absolute atomic E-state index is 0. The fourth-order valence-electron chi connectivity index (χ4n) is 1.42. The zero-order chi connectivity index (χ0) is 13.1. The summed E-state index contributed by atoms with van der Waals surface area (Å²) in [5, 5.41) is 0. The number of benzene rings is 1. The topological polar surface area (TPSA) is 38.5 Å². The van der Waals surface area contributed by atoms with Gasteiger partial charge in [-0.05, 0) is 31.8 Å². The highest BCUT2D eigenvalue weighted by Crippen LogP contribution is 2.23. The highest BCUT2D eigenvalue weighted by molar-refractivity contribution is 5.85. The zero-order valence-corrected chi connectivity index (χ0v) is 12.1. The number of halogens is 5. The molecule has 0 spiro atoms. The lowest BCUT2D eigenvalue weighted by atomic mass is 10.1. The molecule has 0 heterocycles. The van der Waals surface area contributed by atoms with Gasteiger partial charge in [0.05, 0.1) is 0 Å². The van der Waals surface area contributed by atoms with E-state index in [0.29, 0.717) is 6.54 Å². The molecule has 0 aromatic heterocycles. The summed E-state index contributed by atoms with van der Waals surface area (Å²) in [4.78, 5) is 1.91. The monoisotopic (exact) mass is 320 g/mol. The maximum Gasteiger partial charge on any atom is 0.573 e. The van der Waals surface area contributed by atoms with Crippen LogP contribution >= 0.6 is 24.8 Å². The number of nitrogens with two attached hydrogens (primary N) is 1. The molecule has 1 atom stereocenters. The Hall–Kier alpha value is -0.690. The molecular weight excluding hydrogens is 304 g/mol. The van der Waals surface area contributed by atoms with Gasteiger partial charge < -0.3 is 15.4 Å². The van der Waals surface area contributed by atoms with E-state index in [-0.39, 0.29) is 36.6 Å². The molecule has 1 aromatic carbocycles. The van der Waals surface area contributed by atoms with Gasteiger partial charge in [-0.2, -0.15) is 0 Å². The number of rotatable bonds is 4. The van der Waals surface area contributed by atoms with Crippen molar-refractivity contribution in [2.24, 2.45) is 5.73 Å². The Bertz CT molecular complexity index is 358. The Morgan fingerprint density at radius 3 is 2.00 bits per heavy atom. The van der Waals surface area contributed by atoms with Crippen molar-refractivity contribution >= 4 is 24.8 Å². The molecule has 8 heteroatoms. The van der Waals surface area contributed by atoms with E-state index in [1.165, 1.54) is 24.3 Å². The summed E-state index contributed by atoms with van der Waals surface area (Å²) in [5.74, 6) is -0.238. The zero-order valence-electron chi connectivity index (χ0n) is 10.5. The molecule has 0 amide bonds. The highest BCUT2D eigenvalue weighted by Gasteiger charge is 2.30. The molecule has 0 aliphatic heterocycles. The van der Waals surface area contributed by atoms with Crippen LogP contribution in [0.5, 0.6) is 5.75 Å². The lowest BCUT2D eigenvalue weighted by molar-refractivity contribution is -0.274. The molecule has 1 unspecified atom stereocenters. The van der Waals surface area contributed by atoms with Crippen molar-refractivity contribution in [3.63, 3.8) is 0 Å². The van der Waals surface area contributed by atoms with E-state index < -0.39 is 6.36 Å². The SMILES string of the molecule is CN(C)CC(N)c1ccc(OC(F)(F)F)cc1.Cl.Cl. The third-order valence-electron chi connectivity index (χ3n) is 2.10. The van der Waals surface area contributed by atoms with Crippen LogP contribution in [0.2, 0.25) is 0 Å². The van der Waals surface area contributed by atoms with Crippen LogP contribution in [-0.2, 0) is 0 Å². The second-order valence-electron chi connectivity index (χ2n) is 3.99. The van der Waals surface area contributed by atoms with Gasteiger partial charge in [0.25, 0.3) is 0 Å². The standard InChI is InChI=1S/C11H15F3N2O.2ClH/c1-16(2)7-10(15)8-3-5-9(6-4-8)17-11(12,13)14;;/h3-6,10H,7,15H2,1-2H3;2*1H. The van der Waals surface area contributed by atoms with Crippen molar-refractivity contribution in [3.05, 3.63) is 29.8 Å². The summed E-state index contributed by atoms with van der Waals surface area (Å²) in [5.41, 5.74) is 6.64. The van der Waals surface area contributed by atoms with Crippen molar-refractivity contribution in [2.75, 3.05) is 20.6 Å². The van der Waals surface area contributed by atoms with Crippen LogP contribution in [0.15, 0.2) is 24.3 Å². The summed E-state index contributed by atoms with van der Waals surface area (Å²) in [6.07, 6.45) is -4.66. The van der Waals surface area contributed by atoms with Crippen LogP contribution in [0.4, 0.5) is 13.2 Å². The first-order valence-corrected chi connectivity index (χ1v) is 5.04. The molecule has 0 bridgehead atoms. The van der Waals surface area contributed by atoms with Crippen LogP contribution in [0.3, 0.4) is 0 Å². The van der Waals surface area contributed by atoms with Gasteiger partial charge in [-0.15, -0.1) is 38.0 Å². The first kappa shape index (κ1) is 20.6. The van der Waals surface area contributed by atoms with E-state index >= 15 is 0 Å². The quantitative estimate of drug-likeness (QED) is 0.926. The Balaban J connectivity index is 0. The van der Waals surface area contributed by atoms with E-state index in [0.717, 1.165) is 5.56 Å². The van der Waals surface area contributed by atoms with Gasteiger partial charge in [-0.3, -0.25) is 0 Å². The van der Waals surface area contributed by atoms with Gasteiger partial charge in [0.15, 0.2) is 0 Å². The van der Waals surface area contributed by atoms with E-state index in [9.17, 15) is 13.2 Å². The highest BCUT2D eigenvalue weighted by atomic mass is 35.5. The third kappa shape index (κ3) is 8.15. The van der Waals surface area contributed by atoms with Crippen LogP contribution in [0, 0.1) is 0 Å². The van der Waals surface area contributed by atoms with Gasteiger partial charge in [0.2, 0.25) is 0 Å². The van der Waals surface area contributed by atoms with E-state index in [4.69, 9.17) is 5.73 Å². The van der Waals surface area contributed by atoms with E-state index in [2.05, 4.69) is 4.74 Å². The Morgan fingerprint density at radius 2 is 1.63 bits per heavy atom. The molecule has 112 valence electrons. The van der Waals surface area contributed by atoms with Crippen LogP contribution < -0.4 is 10.5 Å². The predicted octanol–water partition coefficient (Wildman–Crippen LogP) is 2.99. The van der Waals surface area contributed by atoms with Crippen molar-refractivity contribution in [2.45, 2.75) is 12.4 Å². The maximum absolute atomic E-state index is 11.9. The molecule has 19 heavy (non-hydrogen) atoms. The Labute approximate surface area is 122 Å². The van der Waals surface area contributed by atoms with E-state index in [1.807, 2.05) is 19.0 Å². The fraction of sp³-hybridized carbons (Fsp3) is 0.455. The van der Waals surface area contributed by atoms with Crippen LogP contribution in [-0.4, -0.2) is 31.9 Å². The molecular formula is C11H17Cl2F3N2O. The lowest BCUT2D eigenvalue weighted by Crippen LogP contribution is -2.26. The van der Waals surface area contributed by atoms with Crippen molar-refractivity contribution < 1.29 is 17.9 Å². The molecule has 0 fully saturated rings. The molecule has 0 saturated carbocycles. The normalized spacial score (nSPS) is 12.4. The molecule has 2 N–H and O–H groups in total. The second kappa shape index (κ2) is 8.47. The molecule has 3 nitrogen and oxygen atoms in total. The third-order valence-corrected chi connectivity index (χ3v) is 2.10. The molecule has 0 aliphatic carbocycles. The Kier molecular flexibility index (Phi) is 9.20. The molecule has 0 saturated heterocycles. The summed E-state index contributed by atoms with van der Waals surface area (Å²) >= 11 is 0. The number of likely N-dealkylation sites (N-methyl/N-ethyl adjacent to an activating group) is 1. The fourth-order valence-corrected chi connectivity index (χ4v) is 1.42. The second-order valence-corrected chi connectivity index (χ2v) is 3.99. The smallest absolute Gasteiger partial charge is 0.406 e. The van der Waals surface area contributed by atoms with Crippen molar-refractivity contribution in [1.82, 2.24) is 4.90 Å². The number of ether oxygens (including phenoxy) is 1. The van der Waals surface area contributed by atoms with Crippen molar-refractivity contribution in [1.29, 1.82) is 0 Å². The summed E-state index contributed by atoms with van der Waals surface area (Å²) in [7, 11) is 3.75. The van der Waals surface area contributed by atoms with Gasteiger partial charge in [-0.25, -0.2) is 0 Å². The minimum atomic E-state index is -4.66. The Morgan fingerprint density at radius 1 is 1.16 bits per heavy atom. The first-order valence-electron chi connectivity index (χ1n) is 5.04.